The number of anilines is 1. The van der Waals surface area contributed by atoms with Crippen LogP contribution in [0.1, 0.15) is 48.8 Å². The lowest BCUT2D eigenvalue weighted by Crippen LogP contribution is -2.36. The average molecular weight is 449 g/mol. The van der Waals surface area contributed by atoms with Crippen LogP contribution < -0.4 is 5.32 Å². The summed E-state index contributed by atoms with van der Waals surface area (Å²) in [5, 5.41) is 2.92. The van der Waals surface area contributed by atoms with E-state index in [-0.39, 0.29) is 11.8 Å². The summed E-state index contributed by atoms with van der Waals surface area (Å²) in [7, 11) is 0. The average Bonchev–Trinajstić information content (AvgIpc) is 3.23. The van der Waals surface area contributed by atoms with Crippen molar-refractivity contribution in [1.29, 1.82) is 0 Å². The molecule has 0 spiro atoms. The maximum Gasteiger partial charge on any atom is 0.255 e. The van der Waals surface area contributed by atoms with Gasteiger partial charge in [0.2, 0.25) is 0 Å². The second-order valence-corrected chi connectivity index (χ2v) is 8.64. The van der Waals surface area contributed by atoms with E-state index in [4.69, 9.17) is 6.42 Å². The number of aryl methyl sites for hydroxylation is 2. The fraction of sp³-hybridized carbons (Fsp3) is 0.179. The second kappa shape index (κ2) is 8.53. The van der Waals surface area contributed by atoms with E-state index in [1.54, 1.807) is 6.07 Å². The minimum atomic E-state index is -0.210. The van der Waals surface area contributed by atoms with E-state index in [1.807, 2.05) is 67.3 Å². The monoisotopic (exact) mass is 448 g/mol. The van der Waals surface area contributed by atoms with E-state index < -0.39 is 0 Å². The van der Waals surface area contributed by atoms with Gasteiger partial charge in [0, 0.05) is 35.5 Å². The minimum Gasteiger partial charge on any atom is -0.342 e. The predicted molar refractivity (Wildman–Crippen MR) is 133 cm³/mol. The summed E-state index contributed by atoms with van der Waals surface area (Å²) >= 11 is 0. The maximum atomic E-state index is 13.2. The number of hydrogen-bond acceptors (Lipinski definition) is 3. The number of fused-ring (bicyclic) bond motifs is 2. The Labute approximate surface area is 198 Å². The van der Waals surface area contributed by atoms with E-state index >= 15 is 0 Å². The van der Waals surface area contributed by atoms with Gasteiger partial charge in [-0.25, -0.2) is 4.98 Å². The molecular weight excluding hydrogens is 424 g/mol. The number of imidazole rings is 1. The molecule has 4 aromatic rings. The van der Waals surface area contributed by atoms with E-state index in [0.29, 0.717) is 29.9 Å². The number of terminal acetylenes is 1. The van der Waals surface area contributed by atoms with Crippen molar-refractivity contribution in [3.05, 3.63) is 93.8 Å². The number of carbonyl (C=O) groups is 2. The van der Waals surface area contributed by atoms with Crippen molar-refractivity contribution in [3.63, 3.8) is 0 Å². The third-order valence-corrected chi connectivity index (χ3v) is 6.27. The number of benzene rings is 3. The Morgan fingerprint density at radius 1 is 1.03 bits per heavy atom. The highest BCUT2D eigenvalue weighted by Gasteiger charge is 2.23. The van der Waals surface area contributed by atoms with Crippen molar-refractivity contribution in [1.82, 2.24) is 14.9 Å². The molecule has 0 saturated heterocycles. The fourth-order valence-electron chi connectivity index (χ4n) is 4.38. The lowest BCUT2D eigenvalue weighted by atomic mass is 9.96. The van der Waals surface area contributed by atoms with Gasteiger partial charge >= 0.3 is 0 Å². The van der Waals surface area contributed by atoms with Gasteiger partial charge in [0.25, 0.3) is 11.8 Å². The zero-order valence-electron chi connectivity index (χ0n) is 19.1. The van der Waals surface area contributed by atoms with E-state index in [2.05, 4.69) is 21.2 Å². The van der Waals surface area contributed by atoms with Crippen molar-refractivity contribution in [2.45, 2.75) is 26.8 Å². The van der Waals surface area contributed by atoms with Gasteiger partial charge in [-0.05, 0) is 79.4 Å². The van der Waals surface area contributed by atoms with Gasteiger partial charge in [0.05, 0.1) is 11.0 Å². The molecule has 0 fully saturated rings. The van der Waals surface area contributed by atoms with Crippen LogP contribution in [0.3, 0.4) is 0 Å². The zero-order valence-corrected chi connectivity index (χ0v) is 19.1. The molecule has 6 heteroatoms. The van der Waals surface area contributed by atoms with Gasteiger partial charge < -0.3 is 15.2 Å². The number of aromatic amines is 1. The summed E-state index contributed by atoms with van der Waals surface area (Å²) in [6.07, 6.45) is 6.29. The lowest BCUT2D eigenvalue weighted by molar-refractivity contribution is 0.0735. The number of carbonyl (C=O) groups excluding carboxylic acids is 2. The first kappa shape index (κ1) is 21.5. The lowest BCUT2D eigenvalue weighted by Gasteiger charge is -2.29. The normalized spacial score (nSPS) is 12.8. The number of nitrogens with zero attached hydrogens (tertiary/aromatic N) is 2. The third kappa shape index (κ3) is 4.04. The Hall–Kier alpha value is -4.37. The fourth-order valence-corrected chi connectivity index (χ4v) is 4.38. The van der Waals surface area contributed by atoms with Crippen molar-refractivity contribution in [2.75, 3.05) is 11.9 Å². The molecule has 0 radical (unpaired) electrons. The molecule has 2 N–H and O–H groups in total. The molecule has 0 unspecified atom stereocenters. The van der Waals surface area contributed by atoms with E-state index in [0.717, 1.165) is 45.5 Å². The summed E-state index contributed by atoms with van der Waals surface area (Å²) in [4.78, 5) is 35.5. The van der Waals surface area contributed by atoms with Gasteiger partial charge in [-0.15, -0.1) is 6.42 Å². The van der Waals surface area contributed by atoms with Crippen LogP contribution in [-0.2, 0) is 13.0 Å². The molecule has 1 aliphatic heterocycles. The highest BCUT2D eigenvalue weighted by molar-refractivity contribution is 6.04. The number of amides is 2. The Kier molecular flexibility index (Phi) is 5.39. The van der Waals surface area contributed by atoms with Crippen LogP contribution in [0, 0.1) is 26.2 Å². The summed E-state index contributed by atoms with van der Waals surface area (Å²) in [5.74, 6) is 3.21. The molecule has 2 amide bonds. The maximum absolute atomic E-state index is 13.2. The van der Waals surface area contributed by atoms with Crippen LogP contribution in [0.4, 0.5) is 5.69 Å². The Bertz CT molecular complexity index is 1490. The van der Waals surface area contributed by atoms with Crippen LogP contribution in [0.15, 0.2) is 54.6 Å². The summed E-state index contributed by atoms with van der Waals surface area (Å²) in [5.41, 5.74) is 7.40. The molecule has 1 aliphatic rings. The van der Waals surface area contributed by atoms with Crippen LogP contribution in [0.25, 0.3) is 11.0 Å². The van der Waals surface area contributed by atoms with Crippen molar-refractivity contribution in [3.8, 4) is 12.3 Å². The van der Waals surface area contributed by atoms with Crippen LogP contribution in [0.5, 0.6) is 0 Å². The molecule has 5 rings (SSSR count). The SMILES string of the molecule is C#Cc1cc(NC(=O)c2ccc3c(c2)CN(C(=O)c2ccc4nc(C)[nH]c4c2)CC3)ccc1C. The third-order valence-electron chi connectivity index (χ3n) is 6.27. The number of aromatic nitrogens is 2. The standard InChI is InChI=1S/C28H24N4O2/c1-4-19-14-24(9-5-17(19)2)31-27(33)21-7-6-20-11-12-32(16-23(20)13-21)28(34)22-8-10-25-26(15-22)30-18(3)29-25/h1,5-10,13-15H,11-12,16H2,2-3H3,(H,29,30)(H,31,33). The van der Waals surface area contributed by atoms with Crippen molar-refractivity contribution in [2.24, 2.45) is 0 Å². The molecule has 34 heavy (non-hydrogen) atoms. The van der Waals surface area contributed by atoms with E-state index in [9.17, 15) is 9.59 Å². The molecule has 3 aromatic carbocycles. The van der Waals surface area contributed by atoms with Crippen molar-refractivity contribution >= 4 is 28.5 Å². The van der Waals surface area contributed by atoms with Crippen LogP contribution in [0.2, 0.25) is 0 Å². The first-order chi connectivity index (χ1) is 16.4. The topological polar surface area (TPSA) is 78.1 Å². The minimum absolute atomic E-state index is 0.0314. The number of hydrogen-bond donors (Lipinski definition) is 2. The van der Waals surface area contributed by atoms with Crippen LogP contribution >= 0.6 is 0 Å². The molecule has 0 saturated carbocycles. The quantitative estimate of drug-likeness (QED) is 0.449. The van der Waals surface area contributed by atoms with Gasteiger partial charge in [-0.2, -0.15) is 0 Å². The highest BCUT2D eigenvalue weighted by atomic mass is 16.2. The largest absolute Gasteiger partial charge is 0.342 e. The second-order valence-electron chi connectivity index (χ2n) is 8.64. The molecule has 0 bridgehead atoms. The molecule has 1 aromatic heterocycles. The first-order valence-corrected chi connectivity index (χ1v) is 11.2. The Morgan fingerprint density at radius 3 is 2.68 bits per heavy atom. The summed E-state index contributed by atoms with van der Waals surface area (Å²) < 4.78 is 0. The zero-order chi connectivity index (χ0) is 23.8. The number of rotatable bonds is 3. The van der Waals surface area contributed by atoms with Crippen LogP contribution in [-0.4, -0.2) is 33.2 Å². The Balaban J connectivity index is 1.34. The van der Waals surface area contributed by atoms with Gasteiger partial charge in [0.1, 0.15) is 5.82 Å². The molecule has 6 nitrogen and oxygen atoms in total. The molecule has 0 aliphatic carbocycles. The number of H-pyrrole nitrogens is 1. The number of nitrogens with one attached hydrogen (secondary N) is 2. The van der Waals surface area contributed by atoms with Gasteiger partial charge in [0.15, 0.2) is 0 Å². The first-order valence-electron chi connectivity index (χ1n) is 11.2. The van der Waals surface area contributed by atoms with Gasteiger partial charge in [-0.1, -0.05) is 18.1 Å². The molecule has 0 atom stereocenters. The highest BCUT2D eigenvalue weighted by Crippen LogP contribution is 2.24. The van der Waals surface area contributed by atoms with Gasteiger partial charge in [-0.3, -0.25) is 9.59 Å². The molecule has 2 heterocycles. The van der Waals surface area contributed by atoms with Crippen molar-refractivity contribution < 1.29 is 9.59 Å². The smallest absolute Gasteiger partial charge is 0.255 e. The summed E-state index contributed by atoms with van der Waals surface area (Å²) in [6.45, 7) is 4.92. The Morgan fingerprint density at radius 2 is 1.85 bits per heavy atom. The molecule has 168 valence electrons. The van der Waals surface area contributed by atoms with E-state index in [1.165, 1.54) is 0 Å². The predicted octanol–water partition coefficient (Wildman–Crippen LogP) is 4.61. The molecular formula is C28H24N4O2. The summed E-state index contributed by atoms with van der Waals surface area (Å²) in [6, 6.07) is 16.7.